The standard InChI is InChI=1S/C13H26N2O2/c1-4-9-17-10-8-15-13(16)11(2)6-5-7-12(3)14/h4,11-12H,1,5-10,14H2,2-3H3,(H,15,16). The first-order valence-electron chi connectivity index (χ1n) is 6.29. The fourth-order valence-electron chi connectivity index (χ4n) is 1.46. The van der Waals surface area contributed by atoms with E-state index in [0.717, 1.165) is 19.3 Å². The second kappa shape index (κ2) is 10.3. The van der Waals surface area contributed by atoms with Crippen molar-refractivity contribution in [1.82, 2.24) is 5.32 Å². The molecule has 0 radical (unpaired) electrons. The van der Waals surface area contributed by atoms with E-state index in [-0.39, 0.29) is 17.9 Å². The topological polar surface area (TPSA) is 64.3 Å². The summed E-state index contributed by atoms with van der Waals surface area (Å²) in [7, 11) is 0. The van der Waals surface area contributed by atoms with Gasteiger partial charge in [0.05, 0.1) is 13.2 Å². The number of carbonyl (C=O) groups is 1. The van der Waals surface area contributed by atoms with Crippen LogP contribution in [0.5, 0.6) is 0 Å². The van der Waals surface area contributed by atoms with Crippen LogP contribution in [0.2, 0.25) is 0 Å². The van der Waals surface area contributed by atoms with Crippen molar-refractivity contribution in [2.45, 2.75) is 39.2 Å². The van der Waals surface area contributed by atoms with Crippen LogP contribution in [0, 0.1) is 5.92 Å². The molecule has 3 N–H and O–H groups in total. The Balaban J connectivity index is 3.50. The molecule has 0 aromatic carbocycles. The van der Waals surface area contributed by atoms with Crippen molar-refractivity contribution in [3.8, 4) is 0 Å². The molecule has 0 bridgehead atoms. The van der Waals surface area contributed by atoms with Crippen LogP contribution in [-0.4, -0.2) is 31.7 Å². The van der Waals surface area contributed by atoms with Gasteiger partial charge in [0, 0.05) is 18.5 Å². The lowest BCUT2D eigenvalue weighted by molar-refractivity contribution is -0.124. The summed E-state index contributed by atoms with van der Waals surface area (Å²) in [4.78, 5) is 11.6. The van der Waals surface area contributed by atoms with E-state index >= 15 is 0 Å². The molecule has 100 valence electrons. The van der Waals surface area contributed by atoms with E-state index in [2.05, 4.69) is 11.9 Å². The molecule has 0 aliphatic carbocycles. The van der Waals surface area contributed by atoms with Crippen molar-refractivity contribution in [2.75, 3.05) is 19.8 Å². The summed E-state index contributed by atoms with van der Waals surface area (Å²) >= 11 is 0. The fraction of sp³-hybridized carbons (Fsp3) is 0.769. The third-order valence-corrected chi connectivity index (χ3v) is 2.53. The zero-order valence-corrected chi connectivity index (χ0v) is 11.1. The number of hydrogen-bond acceptors (Lipinski definition) is 3. The van der Waals surface area contributed by atoms with E-state index in [9.17, 15) is 4.79 Å². The molecule has 0 aliphatic rings. The molecular formula is C13H26N2O2. The van der Waals surface area contributed by atoms with E-state index in [1.165, 1.54) is 0 Å². The summed E-state index contributed by atoms with van der Waals surface area (Å²) in [5.74, 6) is 0.144. The van der Waals surface area contributed by atoms with Crippen molar-refractivity contribution in [3.63, 3.8) is 0 Å². The molecule has 4 heteroatoms. The van der Waals surface area contributed by atoms with Crippen molar-refractivity contribution >= 4 is 5.91 Å². The highest BCUT2D eigenvalue weighted by Gasteiger charge is 2.11. The monoisotopic (exact) mass is 242 g/mol. The molecule has 0 heterocycles. The highest BCUT2D eigenvalue weighted by Crippen LogP contribution is 2.08. The van der Waals surface area contributed by atoms with Crippen LogP contribution in [0.15, 0.2) is 12.7 Å². The molecule has 2 atom stereocenters. The van der Waals surface area contributed by atoms with Gasteiger partial charge >= 0.3 is 0 Å². The molecule has 2 unspecified atom stereocenters. The van der Waals surface area contributed by atoms with Crippen molar-refractivity contribution < 1.29 is 9.53 Å². The van der Waals surface area contributed by atoms with E-state index < -0.39 is 0 Å². The Hall–Kier alpha value is -0.870. The van der Waals surface area contributed by atoms with Gasteiger partial charge in [0.25, 0.3) is 0 Å². The number of amides is 1. The van der Waals surface area contributed by atoms with Gasteiger partial charge in [0.2, 0.25) is 5.91 Å². The first-order valence-corrected chi connectivity index (χ1v) is 6.29. The van der Waals surface area contributed by atoms with Gasteiger partial charge in [-0.25, -0.2) is 0 Å². The lowest BCUT2D eigenvalue weighted by Crippen LogP contribution is -2.32. The van der Waals surface area contributed by atoms with Crippen molar-refractivity contribution in [2.24, 2.45) is 11.7 Å². The molecule has 0 spiro atoms. The normalized spacial score (nSPS) is 14.1. The zero-order valence-electron chi connectivity index (χ0n) is 11.1. The Labute approximate surface area is 105 Å². The smallest absolute Gasteiger partial charge is 0.222 e. The van der Waals surface area contributed by atoms with Gasteiger partial charge in [0.15, 0.2) is 0 Å². The van der Waals surface area contributed by atoms with E-state index in [0.29, 0.717) is 19.8 Å². The second-order valence-corrected chi connectivity index (χ2v) is 4.46. The molecule has 0 saturated carbocycles. The molecule has 0 rings (SSSR count). The summed E-state index contributed by atoms with van der Waals surface area (Å²) in [6, 6.07) is 0.220. The molecule has 0 saturated heterocycles. The summed E-state index contributed by atoms with van der Waals surface area (Å²) in [6.45, 7) is 9.10. The van der Waals surface area contributed by atoms with Gasteiger partial charge in [-0.15, -0.1) is 6.58 Å². The van der Waals surface area contributed by atoms with Crippen LogP contribution in [0.1, 0.15) is 33.1 Å². The van der Waals surface area contributed by atoms with Crippen LogP contribution in [0.25, 0.3) is 0 Å². The Bertz CT molecular complexity index is 217. The van der Waals surface area contributed by atoms with Crippen LogP contribution in [0.3, 0.4) is 0 Å². The molecule has 0 fully saturated rings. The van der Waals surface area contributed by atoms with E-state index in [4.69, 9.17) is 10.5 Å². The third-order valence-electron chi connectivity index (χ3n) is 2.53. The van der Waals surface area contributed by atoms with Gasteiger partial charge in [-0.2, -0.15) is 0 Å². The maximum atomic E-state index is 11.6. The Morgan fingerprint density at radius 3 is 2.76 bits per heavy atom. The van der Waals surface area contributed by atoms with Crippen LogP contribution < -0.4 is 11.1 Å². The molecule has 0 aromatic heterocycles. The maximum Gasteiger partial charge on any atom is 0.222 e. The van der Waals surface area contributed by atoms with Gasteiger partial charge in [0.1, 0.15) is 0 Å². The SMILES string of the molecule is C=CCOCCNC(=O)C(C)CCCC(C)N. The fourth-order valence-corrected chi connectivity index (χ4v) is 1.46. The Morgan fingerprint density at radius 2 is 2.18 bits per heavy atom. The van der Waals surface area contributed by atoms with Gasteiger partial charge in [-0.05, 0) is 19.8 Å². The number of nitrogens with two attached hydrogens (primary N) is 1. The van der Waals surface area contributed by atoms with Crippen molar-refractivity contribution in [3.05, 3.63) is 12.7 Å². The van der Waals surface area contributed by atoms with Crippen LogP contribution in [-0.2, 0) is 9.53 Å². The molecule has 4 nitrogen and oxygen atoms in total. The average molecular weight is 242 g/mol. The number of carbonyl (C=O) groups excluding carboxylic acids is 1. The largest absolute Gasteiger partial charge is 0.376 e. The average Bonchev–Trinajstić information content (AvgIpc) is 2.27. The number of ether oxygens (including phenoxy) is 1. The highest BCUT2D eigenvalue weighted by molar-refractivity contribution is 5.78. The number of rotatable bonds is 10. The quantitative estimate of drug-likeness (QED) is 0.450. The lowest BCUT2D eigenvalue weighted by Gasteiger charge is -2.12. The van der Waals surface area contributed by atoms with Crippen LogP contribution >= 0.6 is 0 Å². The summed E-state index contributed by atoms with van der Waals surface area (Å²) < 4.78 is 5.18. The Kier molecular flexibility index (Phi) is 9.77. The van der Waals surface area contributed by atoms with Gasteiger partial charge in [-0.1, -0.05) is 19.4 Å². The minimum atomic E-state index is 0.0492. The number of nitrogens with one attached hydrogen (secondary N) is 1. The summed E-state index contributed by atoms with van der Waals surface area (Å²) in [6.07, 6.45) is 4.55. The highest BCUT2D eigenvalue weighted by atomic mass is 16.5. The zero-order chi connectivity index (χ0) is 13.1. The predicted octanol–water partition coefficient (Wildman–Crippen LogP) is 1.46. The molecule has 17 heavy (non-hydrogen) atoms. The predicted molar refractivity (Wildman–Crippen MR) is 70.7 cm³/mol. The minimum Gasteiger partial charge on any atom is -0.376 e. The number of hydrogen-bond donors (Lipinski definition) is 2. The van der Waals surface area contributed by atoms with Crippen LogP contribution in [0.4, 0.5) is 0 Å². The molecule has 0 aromatic rings. The van der Waals surface area contributed by atoms with Gasteiger partial charge in [-0.3, -0.25) is 4.79 Å². The molecule has 0 aliphatic heterocycles. The minimum absolute atomic E-state index is 0.0492. The van der Waals surface area contributed by atoms with E-state index in [1.54, 1.807) is 6.08 Å². The maximum absolute atomic E-state index is 11.6. The summed E-state index contributed by atoms with van der Waals surface area (Å²) in [5.41, 5.74) is 5.66. The summed E-state index contributed by atoms with van der Waals surface area (Å²) in [5, 5.41) is 2.85. The molecule has 1 amide bonds. The molecular weight excluding hydrogens is 216 g/mol. The lowest BCUT2D eigenvalue weighted by atomic mass is 10.0. The van der Waals surface area contributed by atoms with E-state index in [1.807, 2.05) is 13.8 Å². The second-order valence-electron chi connectivity index (χ2n) is 4.46. The Morgan fingerprint density at radius 1 is 1.47 bits per heavy atom. The van der Waals surface area contributed by atoms with Crippen molar-refractivity contribution in [1.29, 1.82) is 0 Å². The van der Waals surface area contributed by atoms with Gasteiger partial charge < -0.3 is 15.8 Å². The first kappa shape index (κ1) is 16.1. The third kappa shape index (κ3) is 10.0. The first-order chi connectivity index (χ1) is 8.07.